The average Bonchev–Trinajstić information content (AvgIpc) is 3.19. The van der Waals surface area contributed by atoms with Gasteiger partial charge in [0, 0.05) is 11.1 Å². The van der Waals surface area contributed by atoms with Crippen LogP contribution in [-0.2, 0) is 4.74 Å². The van der Waals surface area contributed by atoms with Gasteiger partial charge < -0.3 is 19.8 Å². The Bertz CT molecular complexity index is 914. The van der Waals surface area contributed by atoms with E-state index >= 15 is 0 Å². The Balaban J connectivity index is 1.91. The van der Waals surface area contributed by atoms with E-state index < -0.39 is 0 Å². The maximum atomic E-state index is 11.9. The van der Waals surface area contributed by atoms with Gasteiger partial charge in [0.2, 0.25) is 0 Å². The molecule has 0 aliphatic carbocycles. The van der Waals surface area contributed by atoms with Crippen LogP contribution >= 0.6 is 11.3 Å². The van der Waals surface area contributed by atoms with Crippen LogP contribution in [0, 0.1) is 13.8 Å². The standard InChI is InChI=1S/C18H19N3O3S/c1-10-15(17(22)24-4)11(2)19-16(10)13-9-25-18(21-13)20-12-7-5-6-8-14(12)23-3/h5-9,19H,1-4H3,(H,20,21). The molecule has 0 radical (unpaired) electrons. The topological polar surface area (TPSA) is 76.2 Å². The minimum atomic E-state index is -0.347. The zero-order chi connectivity index (χ0) is 18.0. The Morgan fingerprint density at radius 3 is 2.72 bits per heavy atom. The molecule has 0 aliphatic heterocycles. The maximum absolute atomic E-state index is 11.9. The van der Waals surface area contributed by atoms with Gasteiger partial charge in [-0.05, 0) is 31.5 Å². The molecule has 0 saturated heterocycles. The highest BCUT2D eigenvalue weighted by Crippen LogP contribution is 2.33. The Kier molecular flexibility index (Phi) is 4.76. The van der Waals surface area contributed by atoms with Crippen molar-refractivity contribution in [3.63, 3.8) is 0 Å². The number of aryl methyl sites for hydroxylation is 1. The van der Waals surface area contributed by atoms with Crippen LogP contribution in [0.5, 0.6) is 5.75 Å². The average molecular weight is 357 g/mol. The van der Waals surface area contributed by atoms with Crippen LogP contribution < -0.4 is 10.1 Å². The van der Waals surface area contributed by atoms with E-state index in [-0.39, 0.29) is 5.97 Å². The fraction of sp³-hybridized carbons (Fsp3) is 0.222. The van der Waals surface area contributed by atoms with Crippen molar-refractivity contribution in [2.45, 2.75) is 13.8 Å². The summed E-state index contributed by atoms with van der Waals surface area (Å²) in [5.74, 6) is 0.402. The summed E-state index contributed by atoms with van der Waals surface area (Å²) in [5.41, 5.74) is 4.61. The predicted molar refractivity (Wildman–Crippen MR) is 99.0 cm³/mol. The van der Waals surface area contributed by atoms with Crippen LogP contribution in [0.4, 0.5) is 10.8 Å². The molecule has 6 nitrogen and oxygen atoms in total. The van der Waals surface area contributed by atoms with Gasteiger partial charge >= 0.3 is 5.97 Å². The molecule has 0 aliphatic rings. The number of H-pyrrole nitrogens is 1. The van der Waals surface area contributed by atoms with Crippen LogP contribution in [0.15, 0.2) is 29.6 Å². The molecule has 2 aromatic heterocycles. The molecule has 130 valence electrons. The molecular weight excluding hydrogens is 338 g/mol. The summed E-state index contributed by atoms with van der Waals surface area (Å²) < 4.78 is 10.2. The van der Waals surface area contributed by atoms with Crippen LogP contribution in [0.1, 0.15) is 21.6 Å². The quantitative estimate of drug-likeness (QED) is 0.666. The fourth-order valence-electron chi connectivity index (χ4n) is 2.72. The Hall–Kier alpha value is -2.80. The first-order valence-electron chi connectivity index (χ1n) is 7.68. The van der Waals surface area contributed by atoms with Gasteiger partial charge in [0.15, 0.2) is 5.13 Å². The molecule has 0 fully saturated rings. The van der Waals surface area contributed by atoms with Gasteiger partial charge in [0.05, 0.1) is 31.2 Å². The number of ether oxygens (including phenoxy) is 2. The fourth-order valence-corrected chi connectivity index (χ4v) is 3.44. The number of aromatic amines is 1. The van der Waals surface area contributed by atoms with Crippen molar-refractivity contribution in [1.82, 2.24) is 9.97 Å². The van der Waals surface area contributed by atoms with Gasteiger partial charge in [0.1, 0.15) is 11.4 Å². The van der Waals surface area contributed by atoms with E-state index in [1.54, 1.807) is 7.11 Å². The molecule has 0 bridgehead atoms. The zero-order valence-electron chi connectivity index (χ0n) is 14.5. The van der Waals surface area contributed by atoms with Crippen molar-refractivity contribution >= 4 is 28.1 Å². The van der Waals surface area contributed by atoms with Gasteiger partial charge in [0.25, 0.3) is 0 Å². The monoisotopic (exact) mass is 357 g/mol. The number of hydrogen-bond donors (Lipinski definition) is 2. The third kappa shape index (κ3) is 3.23. The lowest BCUT2D eigenvalue weighted by molar-refractivity contribution is 0.0599. The molecule has 0 unspecified atom stereocenters. The number of rotatable bonds is 5. The maximum Gasteiger partial charge on any atom is 0.339 e. The molecule has 3 aromatic rings. The van der Waals surface area contributed by atoms with Gasteiger partial charge in [-0.3, -0.25) is 0 Å². The lowest BCUT2D eigenvalue weighted by atomic mass is 10.1. The van der Waals surface area contributed by atoms with Crippen molar-refractivity contribution < 1.29 is 14.3 Å². The number of para-hydroxylation sites is 2. The van der Waals surface area contributed by atoms with E-state index in [0.717, 1.165) is 39.2 Å². The summed E-state index contributed by atoms with van der Waals surface area (Å²) in [6.45, 7) is 3.74. The molecular formula is C18H19N3O3S. The van der Waals surface area contributed by atoms with Crippen LogP contribution in [-0.4, -0.2) is 30.2 Å². The minimum absolute atomic E-state index is 0.347. The molecule has 3 rings (SSSR count). The lowest BCUT2D eigenvalue weighted by Crippen LogP contribution is -2.03. The lowest BCUT2D eigenvalue weighted by Gasteiger charge is -2.08. The highest BCUT2D eigenvalue weighted by Gasteiger charge is 2.21. The van der Waals surface area contributed by atoms with Crippen LogP contribution in [0.25, 0.3) is 11.4 Å². The van der Waals surface area contributed by atoms with Crippen molar-refractivity contribution in [1.29, 1.82) is 0 Å². The number of thiazole rings is 1. The Morgan fingerprint density at radius 1 is 1.24 bits per heavy atom. The second-order valence-electron chi connectivity index (χ2n) is 5.48. The molecule has 1 aromatic carbocycles. The first kappa shape index (κ1) is 17.0. The predicted octanol–water partition coefficient (Wildman–Crippen LogP) is 4.29. The summed E-state index contributed by atoms with van der Waals surface area (Å²) >= 11 is 1.48. The summed E-state index contributed by atoms with van der Waals surface area (Å²) in [4.78, 5) is 19.8. The number of aromatic nitrogens is 2. The SMILES string of the molecule is COC(=O)c1c(C)[nH]c(-c2csc(Nc3ccccc3OC)n2)c1C. The first-order chi connectivity index (χ1) is 12.0. The molecule has 0 spiro atoms. The van der Waals surface area contributed by atoms with Gasteiger partial charge in [-0.15, -0.1) is 11.3 Å². The molecule has 2 heterocycles. The molecule has 0 saturated carbocycles. The number of nitrogens with one attached hydrogen (secondary N) is 2. The van der Waals surface area contributed by atoms with E-state index in [9.17, 15) is 4.79 Å². The summed E-state index contributed by atoms with van der Waals surface area (Å²) in [7, 11) is 3.01. The summed E-state index contributed by atoms with van der Waals surface area (Å²) in [6, 6.07) is 7.66. The number of carbonyl (C=O) groups excluding carboxylic acids is 1. The summed E-state index contributed by atoms with van der Waals surface area (Å²) in [6.07, 6.45) is 0. The van der Waals surface area contributed by atoms with Crippen molar-refractivity contribution in [3.8, 4) is 17.1 Å². The van der Waals surface area contributed by atoms with Crippen LogP contribution in [0.3, 0.4) is 0 Å². The van der Waals surface area contributed by atoms with Crippen LogP contribution in [0.2, 0.25) is 0 Å². The van der Waals surface area contributed by atoms with Gasteiger partial charge in [-0.25, -0.2) is 9.78 Å². The smallest absolute Gasteiger partial charge is 0.339 e. The minimum Gasteiger partial charge on any atom is -0.495 e. The highest BCUT2D eigenvalue weighted by atomic mass is 32.1. The van der Waals surface area contributed by atoms with Crippen molar-refractivity contribution in [2.75, 3.05) is 19.5 Å². The number of anilines is 2. The van der Waals surface area contributed by atoms with E-state index in [0.29, 0.717) is 5.56 Å². The molecule has 2 N–H and O–H groups in total. The summed E-state index contributed by atoms with van der Waals surface area (Å²) in [5, 5.41) is 5.95. The largest absolute Gasteiger partial charge is 0.495 e. The van der Waals surface area contributed by atoms with E-state index in [1.165, 1.54) is 18.4 Å². The number of benzene rings is 1. The molecule has 7 heteroatoms. The van der Waals surface area contributed by atoms with Crippen molar-refractivity contribution in [3.05, 3.63) is 46.5 Å². The zero-order valence-corrected chi connectivity index (χ0v) is 15.3. The Morgan fingerprint density at radius 2 is 2.00 bits per heavy atom. The molecule has 0 amide bonds. The number of carbonyl (C=O) groups is 1. The second-order valence-corrected chi connectivity index (χ2v) is 6.34. The van der Waals surface area contributed by atoms with Crippen molar-refractivity contribution in [2.24, 2.45) is 0 Å². The highest BCUT2D eigenvalue weighted by molar-refractivity contribution is 7.14. The molecule has 25 heavy (non-hydrogen) atoms. The van der Waals surface area contributed by atoms with E-state index in [2.05, 4.69) is 15.3 Å². The first-order valence-corrected chi connectivity index (χ1v) is 8.56. The van der Waals surface area contributed by atoms with Gasteiger partial charge in [-0.1, -0.05) is 12.1 Å². The van der Waals surface area contributed by atoms with E-state index in [1.807, 2.05) is 43.5 Å². The number of nitrogens with zero attached hydrogens (tertiary/aromatic N) is 1. The second kappa shape index (κ2) is 6.98. The third-order valence-corrected chi connectivity index (χ3v) is 4.69. The number of hydrogen-bond acceptors (Lipinski definition) is 6. The number of methoxy groups -OCH3 is 2. The number of esters is 1. The third-order valence-electron chi connectivity index (χ3n) is 3.94. The van der Waals surface area contributed by atoms with Gasteiger partial charge in [-0.2, -0.15) is 0 Å². The van der Waals surface area contributed by atoms with E-state index in [4.69, 9.17) is 9.47 Å². The normalized spacial score (nSPS) is 10.6. The Labute approximate surface area is 149 Å². The molecule has 0 atom stereocenters.